The van der Waals surface area contributed by atoms with Crippen LogP contribution in [0.15, 0.2) is 18.2 Å². The number of hydrogen-bond acceptors (Lipinski definition) is 5. The molecule has 3 N–H and O–H groups in total. The first-order valence-electron chi connectivity index (χ1n) is 4.84. The predicted octanol–water partition coefficient (Wildman–Crippen LogP) is 2.34. The summed E-state index contributed by atoms with van der Waals surface area (Å²) in [5.41, 5.74) is 6.89. The average molecular weight is 241 g/mol. The van der Waals surface area contributed by atoms with E-state index in [1.54, 1.807) is 17.8 Å². The van der Waals surface area contributed by atoms with Crippen LogP contribution in [0.2, 0.25) is 0 Å². The summed E-state index contributed by atoms with van der Waals surface area (Å²) in [6, 6.07) is 4.74. The fourth-order valence-electron chi connectivity index (χ4n) is 1.35. The Hall–Kier alpha value is -1.43. The summed E-state index contributed by atoms with van der Waals surface area (Å²) in [5.74, 6) is 0.955. The van der Waals surface area contributed by atoms with Crippen molar-refractivity contribution in [1.82, 2.24) is 0 Å². The third-order valence-corrected chi connectivity index (χ3v) is 2.90. The smallest absolute Gasteiger partial charge is 0.271 e. The lowest BCUT2D eigenvalue weighted by atomic mass is 10.2. The average Bonchev–Trinajstić information content (AvgIpc) is 2.21. The van der Waals surface area contributed by atoms with Gasteiger partial charge in [0.15, 0.2) is 0 Å². The lowest BCUT2D eigenvalue weighted by Crippen LogP contribution is -2.18. The maximum absolute atomic E-state index is 10.5. The first-order chi connectivity index (χ1) is 7.54. The summed E-state index contributed by atoms with van der Waals surface area (Å²) in [6.07, 6.45) is 2.03. The number of thioether (sulfide) groups is 1. The van der Waals surface area contributed by atoms with Crippen LogP contribution in [-0.4, -0.2) is 23.0 Å². The third kappa shape index (κ3) is 3.30. The minimum atomic E-state index is -0.453. The Morgan fingerprint density at radius 2 is 2.31 bits per heavy atom. The van der Waals surface area contributed by atoms with E-state index in [-0.39, 0.29) is 11.7 Å². The van der Waals surface area contributed by atoms with Crippen molar-refractivity contribution in [1.29, 1.82) is 0 Å². The number of nitrogens with one attached hydrogen (secondary N) is 1. The molecular weight excluding hydrogens is 226 g/mol. The van der Waals surface area contributed by atoms with Crippen LogP contribution in [0, 0.1) is 10.1 Å². The van der Waals surface area contributed by atoms with Crippen LogP contribution in [-0.2, 0) is 0 Å². The first kappa shape index (κ1) is 12.6. The summed E-state index contributed by atoms with van der Waals surface area (Å²) in [5, 5.41) is 13.7. The van der Waals surface area contributed by atoms with Gasteiger partial charge in [0, 0.05) is 23.9 Å². The van der Waals surface area contributed by atoms with Gasteiger partial charge in [0.1, 0.15) is 0 Å². The minimum Gasteiger partial charge on any atom is -0.397 e. The highest BCUT2D eigenvalue weighted by molar-refractivity contribution is 7.98. The molecule has 6 heteroatoms. The largest absolute Gasteiger partial charge is 0.397 e. The van der Waals surface area contributed by atoms with Gasteiger partial charge < -0.3 is 11.1 Å². The van der Waals surface area contributed by atoms with Gasteiger partial charge in [-0.3, -0.25) is 10.1 Å². The molecule has 0 aromatic heterocycles. The van der Waals surface area contributed by atoms with Crippen LogP contribution < -0.4 is 11.1 Å². The fourth-order valence-corrected chi connectivity index (χ4v) is 1.94. The number of non-ortho nitro benzene ring substituents is 1. The number of nitrogens with zero attached hydrogens (tertiary/aromatic N) is 1. The van der Waals surface area contributed by atoms with Crippen LogP contribution in [0.3, 0.4) is 0 Å². The molecule has 0 aliphatic rings. The molecule has 0 saturated carbocycles. The number of nitrogens with two attached hydrogens (primary N) is 1. The second-order valence-corrected chi connectivity index (χ2v) is 4.44. The van der Waals surface area contributed by atoms with E-state index >= 15 is 0 Å². The number of benzene rings is 1. The van der Waals surface area contributed by atoms with Crippen molar-refractivity contribution < 1.29 is 4.92 Å². The van der Waals surface area contributed by atoms with Gasteiger partial charge in [0.25, 0.3) is 5.69 Å². The van der Waals surface area contributed by atoms with E-state index in [0.29, 0.717) is 5.69 Å². The topological polar surface area (TPSA) is 81.2 Å². The maximum Gasteiger partial charge on any atom is 0.271 e. The number of hydrogen-bond donors (Lipinski definition) is 2. The van der Waals surface area contributed by atoms with Gasteiger partial charge in [-0.25, -0.2) is 0 Å². The lowest BCUT2D eigenvalue weighted by Gasteiger charge is -2.15. The molecule has 0 fully saturated rings. The molecule has 5 nitrogen and oxygen atoms in total. The Bertz CT molecular complexity index is 384. The molecule has 1 aromatic carbocycles. The molecule has 88 valence electrons. The normalized spacial score (nSPS) is 12.1. The third-order valence-electron chi connectivity index (χ3n) is 2.06. The molecule has 1 rings (SSSR count). The fraction of sp³-hybridized carbons (Fsp3) is 0.400. The first-order valence-corrected chi connectivity index (χ1v) is 6.23. The Morgan fingerprint density at radius 3 is 2.81 bits per heavy atom. The molecule has 0 aliphatic heterocycles. The second kappa shape index (κ2) is 5.60. The Labute approximate surface area is 98.6 Å². The van der Waals surface area contributed by atoms with Gasteiger partial charge in [-0.05, 0) is 19.2 Å². The van der Waals surface area contributed by atoms with Crippen molar-refractivity contribution in [2.24, 2.45) is 0 Å². The Morgan fingerprint density at radius 1 is 1.62 bits per heavy atom. The molecule has 0 spiro atoms. The zero-order chi connectivity index (χ0) is 12.1. The molecule has 1 atom stereocenters. The summed E-state index contributed by atoms with van der Waals surface area (Å²) < 4.78 is 0. The zero-order valence-electron chi connectivity index (χ0n) is 9.27. The molecule has 0 bridgehead atoms. The molecule has 0 radical (unpaired) electrons. The van der Waals surface area contributed by atoms with E-state index < -0.39 is 4.92 Å². The van der Waals surface area contributed by atoms with Gasteiger partial charge in [-0.1, -0.05) is 0 Å². The second-order valence-electron chi connectivity index (χ2n) is 3.53. The number of anilines is 2. The summed E-state index contributed by atoms with van der Waals surface area (Å²) in [4.78, 5) is 10.1. The number of nitro groups is 1. The number of rotatable bonds is 5. The lowest BCUT2D eigenvalue weighted by molar-refractivity contribution is -0.384. The Kier molecular flexibility index (Phi) is 4.42. The highest BCUT2D eigenvalue weighted by atomic mass is 32.2. The van der Waals surface area contributed by atoms with Crippen molar-refractivity contribution in [2.75, 3.05) is 23.1 Å². The van der Waals surface area contributed by atoms with E-state index in [2.05, 4.69) is 5.32 Å². The number of nitro benzene ring substituents is 1. The highest BCUT2D eigenvalue weighted by Gasteiger charge is 2.09. The van der Waals surface area contributed by atoms with E-state index in [4.69, 9.17) is 5.73 Å². The molecule has 0 aliphatic carbocycles. The quantitative estimate of drug-likeness (QED) is 0.470. The standard InChI is InChI=1S/C10H15N3O2S/c1-7(6-16-2)12-10-4-3-8(13(14)15)5-9(10)11/h3-5,7,12H,6,11H2,1-2H3. The summed E-state index contributed by atoms with van der Waals surface area (Å²) in [7, 11) is 0. The summed E-state index contributed by atoms with van der Waals surface area (Å²) >= 11 is 1.73. The maximum atomic E-state index is 10.5. The van der Waals surface area contributed by atoms with E-state index in [9.17, 15) is 10.1 Å². The highest BCUT2D eigenvalue weighted by Crippen LogP contribution is 2.24. The van der Waals surface area contributed by atoms with Crippen LogP contribution in [0.25, 0.3) is 0 Å². The van der Waals surface area contributed by atoms with Gasteiger partial charge in [-0.2, -0.15) is 11.8 Å². The van der Waals surface area contributed by atoms with Crippen molar-refractivity contribution in [2.45, 2.75) is 13.0 Å². The minimum absolute atomic E-state index is 0.0144. The van der Waals surface area contributed by atoms with Crippen molar-refractivity contribution in [3.8, 4) is 0 Å². The van der Waals surface area contributed by atoms with E-state index in [0.717, 1.165) is 11.4 Å². The van der Waals surface area contributed by atoms with Gasteiger partial charge in [0.05, 0.1) is 16.3 Å². The zero-order valence-corrected chi connectivity index (χ0v) is 10.1. The summed E-state index contributed by atoms with van der Waals surface area (Å²) in [6.45, 7) is 2.04. The SMILES string of the molecule is CSCC(C)Nc1ccc([N+](=O)[O-])cc1N. The molecular formula is C10H15N3O2S. The Balaban J connectivity index is 2.79. The molecule has 0 heterocycles. The van der Waals surface area contributed by atoms with Gasteiger partial charge >= 0.3 is 0 Å². The van der Waals surface area contributed by atoms with Crippen LogP contribution in [0.4, 0.5) is 17.1 Å². The van der Waals surface area contributed by atoms with Crippen LogP contribution in [0.5, 0.6) is 0 Å². The predicted molar refractivity (Wildman–Crippen MR) is 69.0 cm³/mol. The van der Waals surface area contributed by atoms with Crippen LogP contribution in [0.1, 0.15) is 6.92 Å². The van der Waals surface area contributed by atoms with Crippen LogP contribution >= 0.6 is 11.8 Å². The number of nitrogen functional groups attached to an aromatic ring is 1. The van der Waals surface area contributed by atoms with Crippen molar-refractivity contribution >= 4 is 28.8 Å². The van der Waals surface area contributed by atoms with E-state index in [1.807, 2.05) is 13.2 Å². The molecule has 0 amide bonds. The molecule has 1 aromatic rings. The van der Waals surface area contributed by atoms with Crippen molar-refractivity contribution in [3.63, 3.8) is 0 Å². The van der Waals surface area contributed by atoms with Crippen molar-refractivity contribution in [3.05, 3.63) is 28.3 Å². The molecule has 0 saturated heterocycles. The molecule has 16 heavy (non-hydrogen) atoms. The van der Waals surface area contributed by atoms with Gasteiger partial charge in [-0.15, -0.1) is 0 Å². The molecule has 1 unspecified atom stereocenters. The monoisotopic (exact) mass is 241 g/mol. The van der Waals surface area contributed by atoms with Gasteiger partial charge in [0.2, 0.25) is 0 Å². The van der Waals surface area contributed by atoms with E-state index in [1.165, 1.54) is 12.1 Å².